The normalized spacial score (nSPS) is 11.9. The molecule has 2 aromatic heterocycles. The Morgan fingerprint density at radius 3 is 1.46 bits per heavy atom. The first-order valence-electron chi connectivity index (χ1n) is 19.6. The maximum absolute atomic E-state index is 5.24. The Balaban J connectivity index is 1.08. The Bertz CT molecular complexity index is 3570. The number of aromatic nitrogens is 2. The van der Waals surface area contributed by atoms with Gasteiger partial charge < -0.3 is 4.40 Å². The standard InChI is InChI=1S/C55H34N2/c1-3-13-39-31-43(27-23-35(39)11-1)53-45-16-6-7-17-46(45)54(44-28-24-36-12-2-4-14-40(36)32-44)48-33-41(29-30-47(48)53)37-21-25-38(26-22-37)55-52-34-42-15-5-9-19-50(42)57(52)51-20-10-8-18-49(51)56-55/h1-34H. The van der Waals surface area contributed by atoms with Gasteiger partial charge in [0.05, 0.1) is 27.8 Å². The van der Waals surface area contributed by atoms with Crippen LogP contribution in [0.1, 0.15) is 0 Å². The molecule has 0 N–H and O–H groups in total. The smallest absolute Gasteiger partial charge is 0.0950 e. The molecule has 264 valence electrons. The summed E-state index contributed by atoms with van der Waals surface area (Å²) in [6, 6.07) is 75.4. The molecule has 0 unspecified atom stereocenters. The Kier molecular flexibility index (Phi) is 6.96. The summed E-state index contributed by atoms with van der Waals surface area (Å²) in [6.45, 7) is 0. The van der Waals surface area contributed by atoms with Gasteiger partial charge >= 0.3 is 0 Å². The molecular formula is C55H34N2. The van der Waals surface area contributed by atoms with Crippen molar-refractivity contribution in [1.82, 2.24) is 9.38 Å². The van der Waals surface area contributed by atoms with Crippen LogP contribution in [0.5, 0.6) is 0 Å². The predicted octanol–water partition coefficient (Wildman–Crippen LogP) is 14.9. The minimum Gasteiger partial charge on any atom is -0.306 e. The molecule has 2 heterocycles. The molecule has 12 aromatic rings. The van der Waals surface area contributed by atoms with E-state index in [9.17, 15) is 0 Å². The fraction of sp³-hybridized carbons (Fsp3) is 0. The van der Waals surface area contributed by atoms with Crippen LogP contribution in [0, 0.1) is 0 Å². The summed E-state index contributed by atoms with van der Waals surface area (Å²) in [4.78, 5) is 5.24. The lowest BCUT2D eigenvalue weighted by Gasteiger charge is -2.19. The topological polar surface area (TPSA) is 17.3 Å². The summed E-state index contributed by atoms with van der Waals surface area (Å²) in [6.07, 6.45) is 0. The molecule has 2 heteroatoms. The number of para-hydroxylation sites is 3. The molecule has 0 aliphatic heterocycles. The fourth-order valence-electron chi connectivity index (χ4n) is 9.22. The Hall–Kier alpha value is -7.55. The predicted molar refractivity (Wildman–Crippen MR) is 242 cm³/mol. The second-order valence-corrected chi connectivity index (χ2v) is 15.1. The zero-order valence-corrected chi connectivity index (χ0v) is 31.0. The van der Waals surface area contributed by atoms with E-state index in [1.165, 1.54) is 87.4 Å². The fourth-order valence-corrected chi connectivity index (χ4v) is 9.22. The number of hydrogen-bond donors (Lipinski definition) is 0. The molecule has 2 nitrogen and oxygen atoms in total. The van der Waals surface area contributed by atoms with Gasteiger partial charge in [-0.1, -0.05) is 164 Å². The second kappa shape index (κ2) is 12.5. The molecule has 0 saturated heterocycles. The first-order valence-corrected chi connectivity index (χ1v) is 19.6. The number of rotatable bonds is 4. The van der Waals surface area contributed by atoms with Crippen LogP contribution < -0.4 is 0 Å². The average Bonchev–Trinajstić information content (AvgIpc) is 3.68. The van der Waals surface area contributed by atoms with Crippen molar-refractivity contribution in [2.24, 2.45) is 0 Å². The van der Waals surface area contributed by atoms with E-state index in [4.69, 9.17) is 4.98 Å². The third kappa shape index (κ3) is 5.01. The molecule has 10 aromatic carbocycles. The van der Waals surface area contributed by atoms with Gasteiger partial charge in [0.25, 0.3) is 0 Å². The van der Waals surface area contributed by atoms with Gasteiger partial charge in [0.1, 0.15) is 0 Å². The molecule has 0 radical (unpaired) electrons. The van der Waals surface area contributed by atoms with Crippen molar-refractivity contribution >= 4 is 70.5 Å². The molecule has 0 saturated carbocycles. The number of hydrogen-bond acceptors (Lipinski definition) is 1. The van der Waals surface area contributed by atoms with E-state index in [1.54, 1.807) is 0 Å². The SMILES string of the molecule is c1ccc2cc(-c3c4ccccc4c(-c4ccc5ccccc5c4)c4cc(-c5ccc(-c6nc7ccccc7n7c6cc6ccccc67)cc5)ccc34)ccc2c1. The summed E-state index contributed by atoms with van der Waals surface area (Å²) >= 11 is 0. The van der Waals surface area contributed by atoms with Gasteiger partial charge in [-0.3, -0.25) is 0 Å². The molecule has 0 amide bonds. The number of nitrogens with zero attached hydrogens (tertiary/aromatic N) is 2. The molecule has 0 spiro atoms. The van der Waals surface area contributed by atoms with Crippen LogP contribution in [0.2, 0.25) is 0 Å². The van der Waals surface area contributed by atoms with Gasteiger partial charge in [0, 0.05) is 10.9 Å². The highest BCUT2D eigenvalue weighted by Crippen LogP contribution is 2.46. The molecule has 12 rings (SSSR count). The van der Waals surface area contributed by atoms with E-state index in [-0.39, 0.29) is 0 Å². The highest BCUT2D eigenvalue weighted by atomic mass is 14.9. The van der Waals surface area contributed by atoms with Gasteiger partial charge in [-0.15, -0.1) is 0 Å². The Morgan fingerprint density at radius 1 is 0.281 bits per heavy atom. The molecule has 0 aliphatic carbocycles. The van der Waals surface area contributed by atoms with Crippen molar-refractivity contribution in [1.29, 1.82) is 0 Å². The van der Waals surface area contributed by atoms with E-state index in [1.807, 2.05) is 0 Å². The number of fused-ring (bicyclic) bond motifs is 9. The lowest BCUT2D eigenvalue weighted by Crippen LogP contribution is -1.95. The lowest BCUT2D eigenvalue weighted by atomic mass is 9.84. The molecule has 0 fully saturated rings. The first kappa shape index (κ1) is 31.8. The quantitative estimate of drug-likeness (QED) is 0.165. The summed E-state index contributed by atoms with van der Waals surface area (Å²) < 4.78 is 2.36. The highest BCUT2D eigenvalue weighted by molar-refractivity contribution is 6.22. The van der Waals surface area contributed by atoms with Gasteiger partial charge in [-0.25, -0.2) is 4.98 Å². The van der Waals surface area contributed by atoms with Crippen molar-refractivity contribution in [3.63, 3.8) is 0 Å². The van der Waals surface area contributed by atoms with Crippen LogP contribution in [-0.2, 0) is 0 Å². The van der Waals surface area contributed by atoms with E-state index < -0.39 is 0 Å². The maximum Gasteiger partial charge on any atom is 0.0950 e. The van der Waals surface area contributed by atoms with Gasteiger partial charge in [0.15, 0.2) is 0 Å². The number of benzene rings is 10. The molecule has 0 bridgehead atoms. The van der Waals surface area contributed by atoms with Crippen molar-refractivity contribution < 1.29 is 0 Å². The van der Waals surface area contributed by atoms with Crippen molar-refractivity contribution in [2.75, 3.05) is 0 Å². The highest BCUT2D eigenvalue weighted by Gasteiger charge is 2.19. The van der Waals surface area contributed by atoms with Gasteiger partial charge in [-0.2, -0.15) is 0 Å². The van der Waals surface area contributed by atoms with Crippen LogP contribution in [0.4, 0.5) is 0 Å². The molecule has 0 aliphatic rings. The maximum atomic E-state index is 5.24. The van der Waals surface area contributed by atoms with Crippen LogP contribution in [0.25, 0.3) is 115 Å². The van der Waals surface area contributed by atoms with Crippen LogP contribution >= 0.6 is 0 Å². The first-order chi connectivity index (χ1) is 28.2. The third-order valence-corrected chi connectivity index (χ3v) is 11.9. The minimum absolute atomic E-state index is 0.982. The molecule has 0 atom stereocenters. The van der Waals surface area contributed by atoms with Crippen LogP contribution in [-0.4, -0.2) is 9.38 Å². The van der Waals surface area contributed by atoms with Crippen LogP contribution in [0.3, 0.4) is 0 Å². The van der Waals surface area contributed by atoms with Crippen molar-refractivity contribution in [2.45, 2.75) is 0 Å². The summed E-state index contributed by atoms with van der Waals surface area (Å²) in [7, 11) is 0. The monoisotopic (exact) mass is 722 g/mol. The Morgan fingerprint density at radius 2 is 0.772 bits per heavy atom. The van der Waals surface area contributed by atoms with E-state index in [2.05, 4.69) is 211 Å². The van der Waals surface area contributed by atoms with Crippen molar-refractivity contribution in [3.8, 4) is 44.6 Å². The van der Waals surface area contributed by atoms with Crippen LogP contribution in [0.15, 0.2) is 206 Å². The Labute approximate surface area is 329 Å². The summed E-state index contributed by atoms with van der Waals surface area (Å²) in [5.41, 5.74) is 13.8. The summed E-state index contributed by atoms with van der Waals surface area (Å²) in [5.74, 6) is 0. The average molecular weight is 723 g/mol. The molecule has 57 heavy (non-hydrogen) atoms. The zero-order valence-electron chi connectivity index (χ0n) is 31.0. The second-order valence-electron chi connectivity index (χ2n) is 15.1. The van der Waals surface area contributed by atoms with E-state index in [0.717, 1.165) is 27.8 Å². The zero-order chi connectivity index (χ0) is 37.5. The summed E-state index contributed by atoms with van der Waals surface area (Å²) in [5, 5.41) is 11.2. The van der Waals surface area contributed by atoms with E-state index >= 15 is 0 Å². The molecular weight excluding hydrogens is 689 g/mol. The lowest BCUT2D eigenvalue weighted by molar-refractivity contribution is 1.27. The van der Waals surface area contributed by atoms with E-state index in [0.29, 0.717) is 0 Å². The van der Waals surface area contributed by atoms with Crippen molar-refractivity contribution in [3.05, 3.63) is 206 Å². The minimum atomic E-state index is 0.982. The van der Waals surface area contributed by atoms with Gasteiger partial charge in [0.2, 0.25) is 0 Å². The third-order valence-electron chi connectivity index (χ3n) is 11.9. The largest absolute Gasteiger partial charge is 0.306 e. The van der Waals surface area contributed by atoms with Gasteiger partial charge in [-0.05, 0) is 119 Å².